The molecule has 18 N–H and O–H groups in total. The zero-order valence-corrected chi connectivity index (χ0v) is 45.3. The number of nitrogens with one attached hydrogen (secondary N) is 7. The van der Waals surface area contributed by atoms with Crippen molar-refractivity contribution in [3.63, 3.8) is 0 Å². The van der Waals surface area contributed by atoms with Gasteiger partial charge in [0.1, 0.15) is 48.0 Å². The number of hydrogen-bond donors (Lipinski definition) is 13. The molecule has 5 rings (SSSR count). The van der Waals surface area contributed by atoms with Gasteiger partial charge in [-0.3, -0.25) is 57.7 Å². The molecule has 79 heavy (non-hydrogen) atoms. The molecule has 2 saturated heterocycles. The largest absolute Gasteiger partial charge is 0.508 e. The van der Waals surface area contributed by atoms with Gasteiger partial charge in [0.05, 0.1) is 13.0 Å². The molecule has 2 aromatic carbocycles. The van der Waals surface area contributed by atoms with E-state index in [1.807, 2.05) is 0 Å². The second kappa shape index (κ2) is 30.5. The van der Waals surface area contributed by atoms with Gasteiger partial charge >= 0.3 is 0 Å². The standard InChI is InChI=1S/C51H72N14O12S2/c52-39(67)18-17-33-44(72)63-36(25-40(53)68)47(75)64-37(49(77)65-22-8-12-38(65)48(76)61-32(11-7-21-57-50(55)56)43(71)58-27-41(54)69)28-78-79-51(19-5-2-6-20-51)26-42(70)59-34(24-30-13-15-31(66)16-14-30)45(73)62-35(46(74)60-33)23-29-9-3-1-4-10-29/h1,3-4,9-10,13-16,32-38,66H,2,5-8,11-12,17-28H2,(H2,52,67)(H2,53,68)(H2,54,69)(H,58,71)(H,59,70)(H,60,74)(H,61,76)(H,62,73)(H,63,72)(H,64,75)(H4,55,56,57)/t32?,33-,34-,35+,36-,37+,38-/m0/s1. The number of rotatable bonds is 19. The average Bonchev–Trinajstić information content (AvgIpc) is 3.98. The third-order valence-corrected chi connectivity index (χ3v) is 16.8. The lowest BCUT2D eigenvalue weighted by Crippen LogP contribution is -2.61. The molecule has 28 heteroatoms. The van der Waals surface area contributed by atoms with E-state index in [1.54, 1.807) is 42.5 Å². The lowest BCUT2D eigenvalue weighted by Gasteiger charge is -2.37. The summed E-state index contributed by atoms with van der Waals surface area (Å²) < 4.78 is -0.759. The molecule has 430 valence electrons. The molecule has 3 fully saturated rings. The fourth-order valence-electron chi connectivity index (χ4n) is 9.46. The van der Waals surface area contributed by atoms with E-state index in [0.29, 0.717) is 30.4 Å². The van der Waals surface area contributed by atoms with Crippen LogP contribution in [0.15, 0.2) is 59.6 Å². The number of aliphatic imine (C=N–C) groups is 1. The maximum absolute atomic E-state index is 14.9. The maximum atomic E-state index is 14.9. The van der Waals surface area contributed by atoms with Gasteiger partial charge in [0.15, 0.2) is 5.96 Å². The first-order valence-corrected chi connectivity index (χ1v) is 28.4. The second-order valence-corrected chi connectivity index (χ2v) is 22.6. The lowest BCUT2D eigenvalue weighted by molar-refractivity contribution is -0.142. The van der Waals surface area contributed by atoms with Gasteiger partial charge in [-0.15, -0.1) is 0 Å². The number of carbonyl (C=O) groups is 11. The summed E-state index contributed by atoms with van der Waals surface area (Å²) in [6.45, 7) is -0.395. The SMILES string of the molecule is NC(=O)CC[C@@H]1NC(=O)[C@@H](Cc2ccccc2)NC(=O)[C@H](Cc2ccc(O)cc2)NC(=O)CC2(CCCCC2)SSC[C@H](C(=O)N2CCC[C@H]2C(=O)NC(CCCN=C(N)N)C(=O)NCC(N)=O)NC(=O)[C@H](CC(N)=O)NC1=O. The van der Waals surface area contributed by atoms with E-state index < -0.39 is 138 Å². The second-order valence-electron chi connectivity index (χ2n) is 19.8. The van der Waals surface area contributed by atoms with Gasteiger partial charge in [0.2, 0.25) is 65.0 Å². The summed E-state index contributed by atoms with van der Waals surface area (Å²) in [4.78, 5) is 156. The van der Waals surface area contributed by atoms with Crippen molar-refractivity contribution < 1.29 is 57.8 Å². The van der Waals surface area contributed by atoms with E-state index in [-0.39, 0.29) is 69.1 Å². The van der Waals surface area contributed by atoms with Crippen molar-refractivity contribution in [1.29, 1.82) is 0 Å². The smallest absolute Gasteiger partial charge is 0.246 e. The van der Waals surface area contributed by atoms with Crippen LogP contribution < -0.4 is 65.9 Å². The highest BCUT2D eigenvalue weighted by molar-refractivity contribution is 8.77. The Kier molecular flexibility index (Phi) is 24.0. The zero-order valence-electron chi connectivity index (χ0n) is 43.7. The highest BCUT2D eigenvalue weighted by Crippen LogP contribution is 2.48. The van der Waals surface area contributed by atoms with Crippen LogP contribution in [0.4, 0.5) is 0 Å². The Morgan fingerprint density at radius 1 is 0.722 bits per heavy atom. The molecule has 2 heterocycles. The third-order valence-electron chi connectivity index (χ3n) is 13.5. The normalized spacial score (nSPS) is 22.8. The van der Waals surface area contributed by atoms with Crippen molar-refractivity contribution >= 4 is 92.5 Å². The van der Waals surface area contributed by atoms with Gasteiger partial charge < -0.3 is 75.9 Å². The third kappa shape index (κ3) is 20.3. The number of primary amides is 3. The number of phenolic OH excluding ortho intramolecular Hbond substituents is 1. The van der Waals surface area contributed by atoms with Gasteiger partial charge in [0.25, 0.3) is 0 Å². The first-order valence-electron chi connectivity index (χ1n) is 26.0. The highest BCUT2D eigenvalue weighted by Gasteiger charge is 2.42. The first kappa shape index (κ1) is 62.2. The van der Waals surface area contributed by atoms with Crippen molar-refractivity contribution in [3.8, 4) is 5.75 Å². The number of guanidine groups is 1. The maximum Gasteiger partial charge on any atom is 0.246 e. The highest BCUT2D eigenvalue weighted by atomic mass is 33.1. The molecular weight excluding hydrogens is 1060 g/mol. The number of nitrogens with zero attached hydrogens (tertiary/aromatic N) is 2. The molecule has 1 spiro atoms. The van der Waals surface area contributed by atoms with E-state index in [2.05, 4.69) is 42.2 Å². The Bertz CT molecular complexity index is 2550. The molecule has 1 saturated carbocycles. The van der Waals surface area contributed by atoms with Crippen molar-refractivity contribution in [2.75, 3.05) is 25.4 Å². The van der Waals surface area contributed by atoms with Crippen LogP contribution in [0, 0.1) is 0 Å². The molecule has 11 amide bonds. The van der Waals surface area contributed by atoms with Crippen LogP contribution in [0.2, 0.25) is 0 Å². The van der Waals surface area contributed by atoms with Crippen LogP contribution >= 0.6 is 21.6 Å². The number of hydrogen-bond acceptors (Lipinski definition) is 15. The number of amides is 11. The number of phenols is 1. The number of nitrogens with two attached hydrogens (primary N) is 5. The molecule has 26 nitrogen and oxygen atoms in total. The van der Waals surface area contributed by atoms with E-state index in [9.17, 15) is 57.8 Å². The van der Waals surface area contributed by atoms with Crippen LogP contribution in [-0.4, -0.2) is 153 Å². The molecule has 1 aliphatic carbocycles. The van der Waals surface area contributed by atoms with Gasteiger partial charge in [-0.1, -0.05) is 83.3 Å². The monoisotopic (exact) mass is 1140 g/mol. The molecule has 1 unspecified atom stereocenters. The van der Waals surface area contributed by atoms with Gasteiger partial charge in [-0.2, -0.15) is 0 Å². The Labute approximate surface area is 464 Å². The minimum atomic E-state index is -1.78. The van der Waals surface area contributed by atoms with Crippen LogP contribution in [0.25, 0.3) is 0 Å². The Balaban J connectivity index is 1.53. The minimum Gasteiger partial charge on any atom is -0.508 e. The predicted molar refractivity (Wildman–Crippen MR) is 293 cm³/mol. The van der Waals surface area contributed by atoms with E-state index in [1.165, 1.54) is 38.6 Å². The fraction of sp³-hybridized carbons (Fsp3) is 0.529. The van der Waals surface area contributed by atoms with Gasteiger partial charge in [0, 0.05) is 49.3 Å². The number of likely N-dealkylation sites (tertiary alicyclic amines) is 1. The summed E-state index contributed by atoms with van der Waals surface area (Å²) in [7, 11) is 2.48. The van der Waals surface area contributed by atoms with Gasteiger partial charge in [-0.25, -0.2) is 0 Å². The van der Waals surface area contributed by atoms with Crippen LogP contribution in [0.5, 0.6) is 5.75 Å². The Morgan fingerprint density at radius 3 is 1.96 bits per heavy atom. The summed E-state index contributed by atoms with van der Waals surface area (Å²) in [5.41, 5.74) is 28.4. The van der Waals surface area contributed by atoms with E-state index in [0.717, 1.165) is 19.3 Å². The first-order chi connectivity index (χ1) is 37.6. The van der Waals surface area contributed by atoms with Crippen LogP contribution in [0.1, 0.15) is 94.6 Å². The molecule has 2 aliphatic heterocycles. The van der Waals surface area contributed by atoms with Crippen molar-refractivity contribution in [1.82, 2.24) is 42.1 Å². The zero-order chi connectivity index (χ0) is 57.6. The summed E-state index contributed by atoms with van der Waals surface area (Å²) in [6, 6.07) is 4.67. The molecule has 0 aromatic heterocycles. The molecule has 3 aliphatic rings. The minimum absolute atomic E-state index is 0.0146. The number of aromatic hydroxyl groups is 1. The summed E-state index contributed by atoms with van der Waals surface area (Å²) in [5, 5.41) is 28.4. The Hall–Kier alpha value is -7.62. The topological polar surface area (TPSA) is 438 Å². The summed E-state index contributed by atoms with van der Waals surface area (Å²) >= 11 is 0. The van der Waals surface area contributed by atoms with Crippen molar-refractivity contribution in [2.45, 2.75) is 143 Å². The van der Waals surface area contributed by atoms with Crippen LogP contribution in [0.3, 0.4) is 0 Å². The van der Waals surface area contributed by atoms with Crippen molar-refractivity contribution in [3.05, 3.63) is 65.7 Å². The Morgan fingerprint density at radius 2 is 1.33 bits per heavy atom. The number of benzene rings is 2. The number of carbonyl (C=O) groups excluding carboxylic acids is 11. The quantitative estimate of drug-likeness (QED) is 0.0296. The molecule has 0 bridgehead atoms. The van der Waals surface area contributed by atoms with E-state index in [4.69, 9.17) is 28.7 Å². The summed E-state index contributed by atoms with van der Waals surface area (Å²) in [6.07, 6.45) is 2.21. The fourth-order valence-corrected chi connectivity index (χ4v) is 12.8. The molecular formula is C51H72N14O12S2. The lowest BCUT2D eigenvalue weighted by atomic mass is 9.85. The molecule has 2 aromatic rings. The van der Waals surface area contributed by atoms with Crippen molar-refractivity contribution in [2.24, 2.45) is 33.7 Å². The van der Waals surface area contributed by atoms with Gasteiger partial charge in [-0.05, 0) is 68.2 Å². The van der Waals surface area contributed by atoms with E-state index >= 15 is 0 Å². The van der Waals surface area contributed by atoms with Crippen LogP contribution in [-0.2, 0) is 65.6 Å². The predicted octanol–water partition coefficient (Wildman–Crippen LogP) is -2.64. The molecule has 7 atom stereocenters. The summed E-state index contributed by atoms with van der Waals surface area (Å²) in [5.74, 6) is -9.66. The molecule has 0 radical (unpaired) electrons. The average molecular weight is 1140 g/mol.